The molecule has 0 fully saturated rings. The highest BCUT2D eigenvalue weighted by molar-refractivity contribution is 6.08. The van der Waals surface area contributed by atoms with Gasteiger partial charge in [-0.25, -0.2) is 0 Å². The van der Waals surface area contributed by atoms with Crippen LogP contribution in [-0.4, -0.2) is 22.6 Å². The maximum absolute atomic E-state index is 12.7. The number of fused-ring (bicyclic) bond motifs is 1. The number of rotatable bonds is 1. The third kappa shape index (κ3) is 1.91. The largest absolute Gasteiger partial charge is 0.398 e. The summed E-state index contributed by atoms with van der Waals surface area (Å²) in [6, 6.07) is 7.47. The highest BCUT2D eigenvalue weighted by Gasteiger charge is 2.28. The highest BCUT2D eigenvalue weighted by Crippen LogP contribution is 2.33. The smallest absolute Gasteiger partial charge is 0.260 e. The van der Waals surface area contributed by atoms with Crippen LogP contribution >= 0.6 is 0 Å². The standard InChI is InChI=1S/C15H16N4O/c1-9-8-12(10(2)18-17-9)15(20)19-7-6-11-13(16)4-3-5-14(11)19/h3-5,8H,6-7,16H2,1-2H3. The van der Waals surface area contributed by atoms with E-state index in [1.165, 1.54) is 0 Å². The van der Waals surface area contributed by atoms with Crippen molar-refractivity contribution >= 4 is 17.3 Å². The van der Waals surface area contributed by atoms with Crippen molar-refractivity contribution in [2.24, 2.45) is 0 Å². The number of nitrogen functional groups attached to an aromatic ring is 1. The first-order valence-electron chi connectivity index (χ1n) is 6.58. The van der Waals surface area contributed by atoms with Crippen molar-refractivity contribution in [3.63, 3.8) is 0 Å². The van der Waals surface area contributed by atoms with E-state index < -0.39 is 0 Å². The van der Waals surface area contributed by atoms with Crippen LogP contribution < -0.4 is 10.6 Å². The molecule has 0 spiro atoms. The fourth-order valence-electron chi connectivity index (χ4n) is 2.58. The van der Waals surface area contributed by atoms with Gasteiger partial charge in [-0.15, -0.1) is 0 Å². The Kier molecular flexibility index (Phi) is 2.89. The molecule has 0 saturated heterocycles. The lowest BCUT2D eigenvalue weighted by molar-refractivity contribution is 0.0988. The molecular weight excluding hydrogens is 252 g/mol. The summed E-state index contributed by atoms with van der Waals surface area (Å²) in [7, 11) is 0. The number of hydrogen-bond acceptors (Lipinski definition) is 4. The number of hydrogen-bond donors (Lipinski definition) is 1. The molecule has 2 heterocycles. The summed E-state index contributed by atoms with van der Waals surface area (Å²) in [6.07, 6.45) is 0.796. The molecule has 1 aromatic heterocycles. The zero-order valence-corrected chi connectivity index (χ0v) is 11.6. The van der Waals surface area contributed by atoms with Gasteiger partial charge in [0.1, 0.15) is 0 Å². The second-order valence-electron chi connectivity index (χ2n) is 5.04. The van der Waals surface area contributed by atoms with Crippen molar-refractivity contribution < 1.29 is 4.79 Å². The van der Waals surface area contributed by atoms with E-state index in [9.17, 15) is 4.79 Å². The Morgan fingerprint density at radius 1 is 1.30 bits per heavy atom. The topological polar surface area (TPSA) is 72.1 Å². The number of anilines is 2. The average molecular weight is 268 g/mol. The molecule has 0 bridgehead atoms. The van der Waals surface area contributed by atoms with Gasteiger partial charge in [0, 0.05) is 23.5 Å². The van der Waals surface area contributed by atoms with Crippen LogP contribution in [0.15, 0.2) is 24.3 Å². The van der Waals surface area contributed by atoms with E-state index in [0.29, 0.717) is 17.8 Å². The second kappa shape index (κ2) is 4.59. The highest BCUT2D eigenvalue weighted by atomic mass is 16.2. The lowest BCUT2D eigenvalue weighted by Gasteiger charge is -2.18. The van der Waals surface area contributed by atoms with Gasteiger partial charge in [0.25, 0.3) is 5.91 Å². The summed E-state index contributed by atoms with van der Waals surface area (Å²) in [4.78, 5) is 14.5. The molecule has 0 radical (unpaired) electrons. The summed E-state index contributed by atoms with van der Waals surface area (Å²) < 4.78 is 0. The zero-order chi connectivity index (χ0) is 14.3. The Labute approximate surface area is 117 Å². The number of amides is 1. The van der Waals surface area contributed by atoms with Gasteiger partial charge in [-0.3, -0.25) is 4.79 Å². The molecule has 1 aliphatic heterocycles. The van der Waals surface area contributed by atoms with Gasteiger partial charge in [0.05, 0.1) is 17.0 Å². The van der Waals surface area contributed by atoms with Crippen LogP contribution in [0, 0.1) is 13.8 Å². The van der Waals surface area contributed by atoms with Crippen LogP contribution in [0.25, 0.3) is 0 Å². The van der Waals surface area contributed by atoms with Crippen LogP contribution in [-0.2, 0) is 6.42 Å². The predicted octanol–water partition coefficient (Wildman–Crippen LogP) is 1.88. The maximum atomic E-state index is 12.7. The molecule has 0 unspecified atom stereocenters. The molecule has 3 rings (SSSR count). The summed E-state index contributed by atoms with van der Waals surface area (Å²) in [5.41, 5.74) is 10.7. The Hall–Kier alpha value is -2.43. The van der Waals surface area contributed by atoms with Crippen molar-refractivity contribution in [1.29, 1.82) is 0 Å². The number of aromatic nitrogens is 2. The molecule has 0 saturated carbocycles. The van der Waals surface area contributed by atoms with Gasteiger partial charge >= 0.3 is 0 Å². The Morgan fingerprint density at radius 3 is 2.90 bits per heavy atom. The molecule has 5 heteroatoms. The van der Waals surface area contributed by atoms with Crippen LogP contribution in [0.3, 0.4) is 0 Å². The number of nitrogens with zero attached hydrogens (tertiary/aromatic N) is 3. The van der Waals surface area contributed by atoms with Gasteiger partial charge in [-0.05, 0) is 38.5 Å². The molecular formula is C15H16N4O. The minimum Gasteiger partial charge on any atom is -0.398 e. The maximum Gasteiger partial charge on any atom is 0.260 e. The van der Waals surface area contributed by atoms with E-state index in [2.05, 4.69) is 10.2 Å². The molecule has 2 aromatic rings. The Bertz CT molecular complexity index is 696. The molecule has 102 valence electrons. The SMILES string of the molecule is Cc1cc(C(=O)N2CCc3c(N)cccc32)c(C)nn1. The molecule has 0 aliphatic carbocycles. The normalized spacial score (nSPS) is 13.4. The van der Waals surface area contributed by atoms with Gasteiger partial charge in [-0.1, -0.05) is 6.07 Å². The van der Waals surface area contributed by atoms with E-state index in [1.807, 2.05) is 25.1 Å². The minimum absolute atomic E-state index is 0.0372. The van der Waals surface area contributed by atoms with E-state index in [4.69, 9.17) is 5.73 Å². The van der Waals surface area contributed by atoms with Crippen molar-refractivity contribution in [3.05, 3.63) is 46.8 Å². The predicted molar refractivity (Wildman–Crippen MR) is 77.7 cm³/mol. The zero-order valence-electron chi connectivity index (χ0n) is 11.6. The molecule has 1 aliphatic rings. The second-order valence-corrected chi connectivity index (χ2v) is 5.04. The van der Waals surface area contributed by atoms with Crippen LogP contribution in [0.4, 0.5) is 11.4 Å². The minimum atomic E-state index is -0.0372. The first kappa shape index (κ1) is 12.6. The van der Waals surface area contributed by atoms with Crippen LogP contribution in [0.2, 0.25) is 0 Å². The summed E-state index contributed by atoms with van der Waals surface area (Å²) >= 11 is 0. The monoisotopic (exact) mass is 268 g/mol. The van der Waals surface area contributed by atoms with Crippen molar-refractivity contribution in [2.75, 3.05) is 17.2 Å². The van der Waals surface area contributed by atoms with Crippen LogP contribution in [0.5, 0.6) is 0 Å². The number of benzene rings is 1. The first-order chi connectivity index (χ1) is 9.58. The molecule has 20 heavy (non-hydrogen) atoms. The molecule has 5 nitrogen and oxygen atoms in total. The molecule has 2 N–H and O–H groups in total. The van der Waals surface area contributed by atoms with E-state index in [1.54, 1.807) is 17.9 Å². The molecule has 0 atom stereocenters. The lowest BCUT2D eigenvalue weighted by Crippen LogP contribution is -2.30. The third-order valence-corrected chi connectivity index (χ3v) is 3.64. The van der Waals surface area contributed by atoms with Gasteiger partial charge in [0.15, 0.2) is 0 Å². The number of aryl methyl sites for hydroxylation is 2. The summed E-state index contributed by atoms with van der Waals surface area (Å²) in [5.74, 6) is -0.0372. The summed E-state index contributed by atoms with van der Waals surface area (Å²) in [6.45, 7) is 4.29. The number of carbonyl (C=O) groups is 1. The lowest BCUT2D eigenvalue weighted by atomic mass is 10.1. The van der Waals surface area contributed by atoms with E-state index in [-0.39, 0.29) is 5.91 Å². The molecule has 1 aromatic carbocycles. The Morgan fingerprint density at radius 2 is 2.10 bits per heavy atom. The van der Waals surface area contributed by atoms with Crippen LogP contribution in [0.1, 0.15) is 27.3 Å². The first-order valence-corrected chi connectivity index (χ1v) is 6.58. The Balaban J connectivity index is 2.02. The van der Waals surface area contributed by atoms with E-state index >= 15 is 0 Å². The van der Waals surface area contributed by atoms with Gasteiger partial charge < -0.3 is 10.6 Å². The van der Waals surface area contributed by atoms with Crippen molar-refractivity contribution in [2.45, 2.75) is 20.3 Å². The van der Waals surface area contributed by atoms with Crippen molar-refractivity contribution in [1.82, 2.24) is 10.2 Å². The van der Waals surface area contributed by atoms with Gasteiger partial charge in [-0.2, -0.15) is 10.2 Å². The third-order valence-electron chi connectivity index (χ3n) is 3.64. The van der Waals surface area contributed by atoms with Gasteiger partial charge in [0.2, 0.25) is 0 Å². The molecule has 1 amide bonds. The quantitative estimate of drug-likeness (QED) is 0.801. The van der Waals surface area contributed by atoms with E-state index in [0.717, 1.165) is 29.1 Å². The van der Waals surface area contributed by atoms with Crippen molar-refractivity contribution in [3.8, 4) is 0 Å². The fraction of sp³-hybridized carbons (Fsp3) is 0.267. The summed E-state index contributed by atoms with van der Waals surface area (Å²) in [5, 5.41) is 7.99. The fourth-order valence-corrected chi connectivity index (χ4v) is 2.58. The number of nitrogens with two attached hydrogens (primary N) is 1. The average Bonchev–Trinajstić information content (AvgIpc) is 2.86. The number of carbonyl (C=O) groups excluding carboxylic acids is 1.